The molecule has 0 saturated carbocycles. The summed E-state index contributed by atoms with van der Waals surface area (Å²) >= 11 is 0. The lowest BCUT2D eigenvalue weighted by Gasteiger charge is -2.29. The molecule has 8 aromatic carbocycles. The molecule has 0 heterocycles. The smallest absolute Gasteiger partial charge is 0.125 e. The van der Waals surface area contributed by atoms with E-state index in [9.17, 15) is 8.78 Å². The number of hydrogen-bond acceptors (Lipinski definition) is 2. The molecule has 5 heteroatoms. The predicted molar refractivity (Wildman–Crippen MR) is 188 cm³/mol. The van der Waals surface area contributed by atoms with Gasteiger partial charge in [-0.1, -0.05) is 72.8 Å². The van der Waals surface area contributed by atoms with Gasteiger partial charge in [0.05, 0.1) is 11.4 Å². The zero-order valence-electron chi connectivity index (χ0n) is 25.1. The van der Waals surface area contributed by atoms with Gasteiger partial charge in [-0.05, 0) is 113 Å². The van der Waals surface area contributed by atoms with Crippen molar-refractivity contribution in [2.24, 2.45) is 0 Å². The Morgan fingerprint density at radius 3 is 1.21 bits per heavy atom. The predicted octanol–water partition coefficient (Wildman–Crippen LogP) is 12.5. The summed E-state index contributed by atoms with van der Waals surface area (Å²) in [6.45, 7) is 0. The number of fused-ring (bicyclic) bond motifs is 5. The Kier molecular flexibility index (Phi) is 7.07. The maximum atomic E-state index is 15.2. The summed E-state index contributed by atoms with van der Waals surface area (Å²) in [6, 6.07) is 49.7. The molecule has 0 bridgehead atoms. The first-order valence-electron chi connectivity index (χ1n) is 15.3. The first kappa shape index (κ1) is 28.4. The monoisotopic (exact) mass is 616 g/mol. The Balaban J connectivity index is 1.49. The van der Waals surface area contributed by atoms with Crippen molar-refractivity contribution in [2.75, 3.05) is 9.80 Å². The average molecular weight is 617 g/mol. The van der Waals surface area contributed by atoms with E-state index in [1.807, 2.05) is 94.7 Å². The van der Waals surface area contributed by atoms with Gasteiger partial charge in [-0.2, -0.15) is 0 Å². The van der Waals surface area contributed by atoms with Crippen LogP contribution in [-0.4, -0.2) is 0 Å². The van der Waals surface area contributed by atoms with E-state index >= 15 is 4.39 Å². The average Bonchev–Trinajstić information content (AvgIpc) is 3.10. The zero-order valence-corrected chi connectivity index (χ0v) is 25.1. The summed E-state index contributed by atoms with van der Waals surface area (Å²) in [5, 5.41) is 5.12. The number of benzene rings is 8. The lowest BCUT2D eigenvalue weighted by molar-refractivity contribution is 0.627. The van der Waals surface area contributed by atoms with Crippen LogP contribution in [0.25, 0.3) is 32.3 Å². The zero-order chi connectivity index (χ0) is 31.9. The summed E-state index contributed by atoms with van der Waals surface area (Å²) in [6.07, 6.45) is 0. The molecular weight excluding hydrogens is 589 g/mol. The van der Waals surface area contributed by atoms with Crippen LogP contribution in [0.3, 0.4) is 0 Å². The van der Waals surface area contributed by atoms with Gasteiger partial charge in [0, 0.05) is 33.5 Å². The molecule has 2 nitrogen and oxygen atoms in total. The molecular formula is C42H27F3N2. The maximum Gasteiger partial charge on any atom is 0.125 e. The SMILES string of the molecule is Fc1cccc(N(c2ccccc2)c2cc3c4cc(F)ccc4c(N(c4ccccc4)c4cccc(F)c4)cc3c3ccccc23)c1. The van der Waals surface area contributed by atoms with E-state index < -0.39 is 0 Å². The number of halogens is 3. The van der Waals surface area contributed by atoms with Crippen LogP contribution in [0.1, 0.15) is 0 Å². The minimum absolute atomic E-state index is 0.343. The van der Waals surface area contributed by atoms with Crippen LogP contribution < -0.4 is 9.80 Å². The normalized spacial score (nSPS) is 11.3. The highest BCUT2D eigenvalue weighted by Gasteiger charge is 2.22. The second kappa shape index (κ2) is 11.7. The second-order valence-corrected chi connectivity index (χ2v) is 11.4. The fourth-order valence-electron chi connectivity index (χ4n) is 6.54. The molecule has 0 fully saturated rings. The van der Waals surface area contributed by atoms with Gasteiger partial charge in [-0.15, -0.1) is 0 Å². The Labute approximate surface area is 270 Å². The highest BCUT2D eigenvalue weighted by molar-refractivity contribution is 6.24. The molecule has 47 heavy (non-hydrogen) atoms. The van der Waals surface area contributed by atoms with Gasteiger partial charge in [-0.3, -0.25) is 0 Å². The summed E-state index contributed by atoms with van der Waals surface area (Å²) in [4.78, 5) is 4.04. The van der Waals surface area contributed by atoms with E-state index in [4.69, 9.17) is 0 Å². The summed E-state index contributed by atoms with van der Waals surface area (Å²) in [5.41, 5.74) is 4.61. The van der Waals surface area contributed by atoms with Crippen LogP contribution in [0.4, 0.5) is 47.3 Å². The number of para-hydroxylation sites is 2. The summed E-state index contributed by atoms with van der Waals surface area (Å²) in [5.74, 6) is -1.07. The Bertz CT molecular complexity index is 2410. The number of hydrogen-bond donors (Lipinski definition) is 0. The van der Waals surface area contributed by atoms with Gasteiger partial charge in [-0.25, -0.2) is 13.2 Å². The van der Waals surface area contributed by atoms with Crippen molar-refractivity contribution >= 4 is 66.4 Å². The third kappa shape index (κ3) is 5.12. The van der Waals surface area contributed by atoms with Crippen molar-refractivity contribution in [3.63, 3.8) is 0 Å². The second-order valence-electron chi connectivity index (χ2n) is 11.4. The topological polar surface area (TPSA) is 6.48 Å². The quantitative estimate of drug-likeness (QED) is 0.172. The van der Waals surface area contributed by atoms with Crippen molar-refractivity contribution in [1.29, 1.82) is 0 Å². The number of nitrogens with zero attached hydrogens (tertiary/aromatic N) is 2. The van der Waals surface area contributed by atoms with E-state index in [0.29, 0.717) is 16.8 Å². The standard InChI is InChI=1S/C42H27F3N2/c43-28-11-9-17-33(23-28)46(31-13-3-1-4-14-31)41-27-40-38-25-30(45)21-22-37(38)42(26-39(40)35-19-7-8-20-36(35)41)47(32-15-5-2-6-16-32)34-18-10-12-29(44)24-34/h1-27H. The minimum Gasteiger partial charge on any atom is -0.310 e. The highest BCUT2D eigenvalue weighted by Crippen LogP contribution is 2.47. The Hall–Kier alpha value is -6.07. The van der Waals surface area contributed by atoms with Crippen LogP contribution in [0, 0.1) is 17.5 Å². The van der Waals surface area contributed by atoms with Crippen molar-refractivity contribution in [3.05, 3.63) is 181 Å². The van der Waals surface area contributed by atoms with Crippen LogP contribution in [0.15, 0.2) is 164 Å². The van der Waals surface area contributed by atoms with Gasteiger partial charge < -0.3 is 9.80 Å². The largest absolute Gasteiger partial charge is 0.310 e. The lowest BCUT2D eigenvalue weighted by Crippen LogP contribution is -2.12. The van der Waals surface area contributed by atoms with Gasteiger partial charge in [0.2, 0.25) is 0 Å². The molecule has 8 aromatic rings. The molecule has 0 aromatic heterocycles. The molecule has 0 radical (unpaired) electrons. The Morgan fingerprint density at radius 2 is 0.681 bits per heavy atom. The molecule has 0 atom stereocenters. The van der Waals surface area contributed by atoms with Crippen LogP contribution in [0.2, 0.25) is 0 Å². The molecule has 0 aliphatic rings. The fourth-order valence-corrected chi connectivity index (χ4v) is 6.54. The molecule has 0 aliphatic carbocycles. The fraction of sp³-hybridized carbons (Fsp3) is 0. The van der Waals surface area contributed by atoms with E-state index in [1.165, 1.54) is 30.3 Å². The first-order valence-corrected chi connectivity index (χ1v) is 15.3. The van der Waals surface area contributed by atoms with Crippen molar-refractivity contribution in [2.45, 2.75) is 0 Å². The molecule has 226 valence electrons. The van der Waals surface area contributed by atoms with Gasteiger partial charge in [0.25, 0.3) is 0 Å². The molecule has 0 saturated heterocycles. The van der Waals surface area contributed by atoms with E-state index in [1.54, 1.807) is 24.3 Å². The lowest BCUT2D eigenvalue weighted by atomic mass is 9.93. The molecule has 0 N–H and O–H groups in total. The van der Waals surface area contributed by atoms with E-state index in [-0.39, 0.29) is 17.5 Å². The van der Waals surface area contributed by atoms with Crippen molar-refractivity contribution in [3.8, 4) is 0 Å². The molecule has 8 rings (SSSR count). The molecule has 0 aliphatic heterocycles. The van der Waals surface area contributed by atoms with Crippen LogP contribution >= 0.6 is 0 Å². The number of rotatable bonds is 6. The maximum absolute atomic E-state index is 15.2. The van der Waals surface area contributed by atoms with E-state index in [2.05, 4.69) is 24.3 Å². The number of anilines is 6. The van der Waals surface area contributed by atoms with E-state index in [0.717, 1.165) is 49.7 Å². The summed E-state index contributed by atoms with van der Waals surface area (Å²) in [7, 11) is 0. The van der Waals surface area contributed by atoms with Crippen LogP contribution in [-0.2, 0) is 0 Å². The van der Waals surface area contributed by atoms with Crippen LogP contribution in [0.5, 0.6) is 0 Å². The third-order valence-corrected chi connectivity index (χ3v) is 8.54. The van der Waals surface area contributed by atoms with Crippen molar-refractivity contribution < 1.29 is 13.2 Å². The Morgan fingerprint density at radius 1 is 0.277 bits per heavy atom. The minimum atomic E-state index is -0.368. The highest BCUT2D eigenvalue weighted by atomic mass is 19.1. The van der Waals surface area contributed by atoms with Gasteiger partial charge in [0.1, 0.15) is 17.5 Å². The first-order chi connectivity index (χ1) is 23.0. The summed E-state index contributed by atoms with van der Waals surface area (Å²) < 4.78 is 44.6. The van der Waals surface area contributed by atoms with Gasteiger partial charge >= 0.3 is 0 Å². The molecule has 0 amide bonds. The third-order valence-electron chi connectivity index (χ3n) is 8.54. The molecule has 0 spiro atoms. The molecule has 0 unspecified atom stereocenters. The van der Waals surface area contributed by atoms with Crippen molar-refractivity contribution in [1.82, 2.24) is 0 Å². The van der Waals surface area contributed by atoms with Gasteiger partial charge in [0.15, 0.2) is 0 Å².